The highest BCUT2D eigenvalue weighted by atomic mass is 79.9. The smallest absolute Gasteiger partial charge is 0.328 e. The molecule has 1 fully saturated rings. The molecule has 1 aromatic heterocycles. The van der Waals surface area contributed by atoms with Gasteiger partial charge in [0.25, 0.3) is 0 Å². The van der Waals surface area contributed by atoms with Crippen LogP contribution in [-0.2, 0) is 9.53 Å². The highest BCUT2D eigenvalue weighted by molar-refractivity contribution is 9.11. The van der Waals surface area contributed by atoms with Gasteiger partial charge in [-0.2, -0.15) is 0 Å². The molecule has 2 rings (SSSR count). The summed E-state index contributed by atoms with van der Waals surface area (Å²) >= 11 is 4.68. The molecule has 0 unspecified atom stereocenters. The SMILES string of the molecule is COC(=O)[C@@H]1CCCN1c1nnc(Br)s1. The maximum atomic E-state index is 11.5. The largest absolute Gasteiger partial charge is 0.467 e. The van der Waals surface area contributed by atoms with Gasteiger partial charge in [0.1, 0.15) is 6.04 Å². The highest BCUT2D eigenvalue weighted by Crippen LogP contribution is 2.30. The highest BCUT2D eigenvalue weighted by Gasteiger charge is 2.33. The third-order valence-electron chi connectivity index (χ3n) is 2.36. The van der Waals surface area contributed by atoms with Crippen LogP contribution in [-0.4, -0.2) is 35.9 Å². The van der Waals surface area contributed by atoms with E-state index in [1.807, 2.05) is 4.90 Å². The summed E-state index contributed by atoms with van der Waals surface area (Å²) in [5.74, 6) is -0.196. The Morgan fingerprint density at radius 2 is 2.47 bits per heavy atom. The number of ether oxygens (including phenoxy) is 1. The molecule has 0 spiro atoms. The maximum absolute atomic E-state index is 11.5. The first-order valence-electron chi connectivity index (χ1n) is 4.56. The van der Waals surface area contributed by atoms with Crippen LogP contribution in [0.3, 0.4) is 0 Å². The molecule has 0 bridgehead atoms. The zero-order chi connectivity index (χ0) is 10.8. The van der Waals surface area contributed by atoms with Gasteiger partial charge in [-0.15, -0.1) is 10.2 Å². The molecule has 2 heterocycles. The van der Waals surface area contributed by atoms with Crippen molar-refractivity contribution in [3.8, 4) is 0 Å². The molecule has 1 saturated heterocycles. The predicted molar refractivity (Wildman–Crippen MR) is 60.0 cm³/mol. The number of carbonyl (C=O) groups is 1. The summed E-state index contributed by atoms with van der Waals surface area (Å²) in [6, 6.07) is -0.199. The average Bonchev–Trinajstić information content (AvgIpc) is 2.84. The third-order valence-corrected chi connectivity index (χ3v) is 3.75. The maximum Gasteiger partial charge on any atom is 0.328 e. The lowest BCUT2D eigenvalue weighted by Gasteiger charge is -2.20. The lowest BCUT2D eigenvalue weighted by atomic mass is 10.2. The van der Waals surface area contributed by atoms with Crippen LogP contribution < -0.4 is 4.90 Å². The van der Waals surface area contributed by atoms with Crippen LogP contribution in [0.5, 0.6) is 0 Å². The minimum atomic E-state index is -0.199. The number of nitrogens with zero attached hydrogens (tertiary/aromatic N) is 3. The molecule has 5 nitrogen and oxygen atoms in total. The van der Waals surface area contributed by atoms with Crippen molar-refractivity contribution >= 4 is 38.4 Å². The van der Waals surface area contributed by atoms with E-state index in [0.29, 0.717) is 0 Å². The minimum Gasteiger partial charge on any atom is -0.467 e. The Morgan fingerprint density at radius 1 is 1.67 bits per heavy atom. The molecule has 0 aliphatic carbocycles. The summed E-state index contributed by atoms with van der Waals surface area (Å²) in [4.78, 5) is 13.4. The summed E-state index contributed by atoms with van der Waals surface area (Å²) in [7, 11) is 1.41. The number of carbonyl (C=O) groups excluding carboxylic acids is 1. The van der Waals surface area contributed by atoms with Crippen LogP contribution in [0.1, 0.15) is 12.8 Å². The number of halogens is 1. The van der Waals surface area contributed by atoms with Crippen LogP contribution >= 0.6 is 27.3 Å². The summed E-state index contributed by atoms with van der Waals surface area (Å²) < 4.78 is 5.49. The van der Waals surface area contributed by atoms with Crippen LogP contribution in [0.15, 0.2) is 3.92 Å². The normalized spacial score (nSPS) is 20.7. The second-order valence-electron chi connectivity index (χ2n) is 3.21. The molecule has 0 radical (unpaired) electrons. The first-order chi connectivity index (χ1) is 7.22. The fourth-order valence-corrected chi connectivity index (χ4v) is 2.85. The van der Waals surface area contributed by atoms with Crippen LogP contribution in [0.25, 0.3) is 0 Å². The van der Waals surface area contributed by atoms with E-state index in [0.717, 1.165) is 28.4 Å². The molecular weight excluding hydrogens is 282 g/mol. The fraction of sp³-hybridized carbons (Fsp3) is 0.625. The van der Waals surface area contributed by atoms with Crippen molar-refractivity contribution in [2.75, 3.05) is 18.6 Å². The molecule has 0 N–H and O–H groups in total. The molecule has 0 amide bonds. The molecular formula is C8H10BrN3O2S. The lowest BCUT2D eigenvalue weighted by Crippen LogP contribution is -2.36. The van der Waals surface area contributed by atoms with Gasteiger partial charge in [-0.05, 0) is 28.8 Å². The Morgan fingerprint density at radius 3 is 3.07 bits per heavy atom. The van der Waals surface area contributed by atoms with Crippen molar-refractivity contribution in [2.45, 2.75) is 18.9 Å². The van der Waals surface area contributed by atoms with Crippen LogP contribution in [0, 0.1) is 0 Å². The summed E-state index contributed by atoms with van der Waals surface area (Å²) in [6.07, 6.45) is 1.81. The molecule has 1 atom stereocenters. The third kappa shape index (κ3) is 2.12. The van der Waals surface area contributed by atoms with E-state index in [-0.39, 0.29) is 12.0 Å². The van der Waals surface area contributed by atoms with Crippen molar-refractivity contribution in [2.24, 2.45) is 0 Å². The first-order valence-corrected chi connectivity index (χ1v) is 6.17. The monoisotopic (exact) mass is 291 g/mol. The Kier molecular flexibility index (Phi) is 3.20. The number of hydrogen-bond donors (Lipinski definition) is 0. The molecule has 0 saturated carbocycles. The van der Waals surface area contributed by atoms with Crippen molar-refractivity contribution in [1.29, 1.82) is 0 Å². The number of rotatable bonds is 2. The van der Waals surface area contributed by atoms with E-state index < -0.39 is 0 Å². The number of methoxy groups -OCH3 is 1. The van der Waals surface area contributed by atoms with Crippen molar-refractivity contribution in [1.82, 2.24) is 10.2 Å². The molecule has 1 aliphatic heterocycles. The van der Waals surface area contributed by atoms with E-state index in [1.165, 1.54) is 18.4 Å². The van der Waals surface area contributed by atoms with E-state index in [1.54, 1.807) is 0 Å². The van der Waals surface area contributed by atoms with Gasteiger partial charge in [0, 0.05) is 6.54 Å². The minimum absolute atomic E-state index is 0.196. The molecule has 15 heavy (non-hydrogen) atoms. The van der Waals surface area contributed by atoms with Crippen LogP contribution in [0.4, 0.5) is 5.13 Å². The van der Waals surface area contributed by atoms with E-state index in [9.17, 15) is 4.79 Å². The van der Waals surface area contributed by atoms with E-state index in [4.69, 9.17) is 4.74 Å². The second-order valence-corrected chi connectivity index (χ2v) is 5.44. The summed E-state index contributed by atoms with van der Waals surface area (Å²) in [5.41, 5.74) is 0. The van der Waals surface area contributed by atoms with Gasteiger partial charge in [0.2, 0.25) is 5.13 Å². The molecule has 0 aromatic carbocycles. The van der Waals surface area contributed by atoms with Crippen molar-refractivity contribution < 1.29 is 9.53 Å². The van der Waals surface area contributed by atoms with E-state index >= 15 is 0 Å². The quantitative estimate of drug-likeness (QED) is 0.772. The van der Waals surface area contributed by atoms with Gasteiger partial charge in [-0.1, -0.05) is 11.3 Å². The Hall–Kier alpha value is -0.690. The van der Waals surface area contributed by atoms with Gasteiger partial charge in [0.05, 0.1) is 7.11 Å². The predicted octanol–water partition coefficient (Wildman–Crippen LogP) is 1.44. The number of anilines is 1. The summed E-state index contributed by atoms with van der Waals surface area (Å²) in [6.45, 7) is 0.835. The zero-order valence-electron chi connectivity index (χ0n) is 8.14. The first kappa shape index (κ1) is 10.8. The van der Waals surface area contributed by atoms with Crippen LogP contribution in [0.2, 0.25) is 0 Å². The average molecular weight is 292 g/mol. The van der Waals surface area contributed by atoms with Gasteiger partial charge < -0.3 is 9.64 Å². The summed E-state index contributed by atoms with van der Waals surface area (Å²) in [5, 5.41) is 8.65. The standard InChI is InChI=1S/C8H10BrN3O2S/c1-14-6(13)5-3-2-4-12(5)8-11-10-7(9)15-8/h5H,2-4H2,1H3/t5-/m0/s1. The molecule has 1 aromatic rings. The van der Waals surface area contributed by atoms with Gasteiger partial charge in [0.15, 0.2) is 3.92 Å². The fourth-order valence-electron chi connectivity index (χ4n) is 1.69. The van der Waals surface area contributed by atoms with Gasteiger partial charge >= 0.3 is 5.97 Å². The topological polar surface area (TPSA) is 55.3 Å². The zero-order valence-corrected chi connectivity index (χ0v) is 10.5. The lowest BCUT2D eigenvalue weighted by molar-refractivity contribution is -0.141. The second kappa shape index (κ2) is 4.44. The number of hydrogen-bond acceptors (Lipinski definition) is 6. The number of esters is 1. The Balaban J connectivity index is 2.18. The number of aromatic nitrogens is 2. The van der Waals surface area contributed by atoms with Crippen molar-refractivity contribution in [3.63, 3.8) is 0 Å². The molecule has 7 heteroatoms. The van der Waals surface area contributed by atoms with Crippen molar-refractivity contribution in [3.05, 3.63) is 3.92 Å². The molecule has 82 valence electrons. The van der Waals surface area contributed by atoms with Gasteiger partial charge in [-0.3, -0.25) is 0 Å². The van der Waals surface area contributed by atoms with Gasteiger partial charge in [-0.25, -0.2) is 4.79 Å². The van der Waals surface area contributed by atoms with E-state index in [2.05, 4.69) is 26.1 Å². The Bertz CT molecular complexity index is 371. The molecule has 1 aliphatic rings. The Labute approximate surface area is 99.6 Å².